The molecule has 15 heavy (non-hydrogen) atoms. The molecule has 1 aromatic carbocycles. The van der Waals surface area contributed by atoms with Crippen LogP contribution < -0.4 is 17.0 Å². The van der Waals surface area contributed by atoms with E-state index in [-0.39, 0.29) is 0 Å². The van der Waals surface area contributed by atoms with Gasteiger partial charge in [-0.05, 0) is 24.3 Å². The lowest BCUT2D eigenvalue weighted by Crippen LogP contribution is -2.27. The average molecular weight is 203 g/mol. The number of aromatic nitrogens is 2. The van der Waals surface area contributed by atoms with E-state index in [4.69, 9.17) is 5.73 Å². The number of aromatic amines is 1. The molecule has 5 heteroatoms. The van der Waals surface area contributed by atoms with Crippen molar-refractivity contribution in [1.29, 1.82) is 0 Å². The van der Waals surface area contributed by atoms with E-state index in [0.29, 0.717) is 11.4 Å². The lowest BCUT2D eigenvalue weighted by Gasteiger charge is -2.03. The van der Waals surface area contributed by atoms with Crippen LogP contribution in [0.25, 0.3) is 5.69 Å². The Morgan fingerprint density at radius 2 is 1.73 bits per heavy atom. The summed E-state index contributed by atoms with van der Waals surface area (Å²) in [5, 5.41) is 0. The van der Waals surface area contributed by atoms with E-state index in [1.807, 2.05) is 0 Å². The summed E-state index contributed by atoms with van der Waals surface area (Å²) in [6, 6.07) is 8.07. The zero-order chi connectivity index (χ0) is 10.8. The van der Waals surface area contributed by atoms with E-state index in [9.17, 15) is 9.59 Å². The molecule has 3 N–H and O–H groups in total. The van der Waals surface area contributed by atoms with E-state index in [1.165, 1.54) is 16.8 Å². The molecular formula is C10H9N3O2. The molecule has 0 amide bonds. The quantitative estimate of drug-likeness (QED) is 0.645. The van der Waals surface area contributed by atoms with Gasteiger partial charge in [-0.2, -0.15) is 0 Å². The van der Waals surface area contributed by atoms with Crippen LogP contribution in [-0.2, 0) is 0 Å². The van der Waals surface area contributed by atoms with Gasteiger partial charge in [-0.15, -0.1) is 0 Å². The Kier molecular flexibility index (Phi) is 2.13. The number of nitrogen functional groups attached to an aromatic ring is 1. The first-order valence-electron chi connectivity index (χ1n) is 4.35. The normalized spacial score (nSPS) is 10.1. The topological polar surface area (TPSA) is 80.9 Å². The number of nitrogens with zero attached hydrogens (tertiary/aromatic N) is 1. The van der Waals surface area contributed by atoms with Crippen molar-refractivity contribution >= 4 is 5.69 Å². The number of hydrogen-bond acceptors (Lipinski definition) is 3. The van der Waals surface area contributed by atoms with Crippen molar-refractivity contribution in [3.8, 4) is 5.69 Å². The van der Waals surface area contributed by atoms with E-state index in [2.05, 4.69) is 4.98 Å². The summed E-state index contributed by atoms with van der Waals surface area (Å²) >= 11 is 0. The molecule has 2 aromatic rings. The maximum atomic E-state index is 11.4. The zero-order valence-corrected chi connectivity index (χ0v) is 7.81. The number of H-pyrrole nitrogens is 1. The molecule has 0 unspecified atom stereocenters. The molecule has 0 aliphatic rings. The average Bonchev–Trinajstić information content (AvgIpc) is 2.20. The molecule has 0 aliphatic carbocycles. The summed E-state index contributed by atoms with van der Waals surface area (Å²) in [6.07, 6.45) is 1.42. The molecule has 1 aromatic heterocycles. The third-order valence-corrected chi connectivity index (χ3v) is 2.00. The van der Waals surface area contributed by atoms with Gasteiger partial charge in [0.05, 0.1) is 5.69 Å². The number of hydrogen-bond donors (Lipinski definition) is 2. The molecule has 0 atom stereocenters. The second-order valence-electron chi connectivity index (χ2n) is 3.07. The van der Waals surface area contributed by atoms with Gasteiger partial charge in [-0.25, -0.2) is 4.79 Å². The smallest absolute Gasteiger partial charge is 0.332 e. The highest BCUT2D eigenvalue weighted by atomic mass is 16.2. The number of rotatable bonds is 1. The van der Waals surface area contributed by atoms with Gasteiger partial charge in [0, 0.05) is 18.0 Å². The minimum absolute atomic E-state index is 0.410. The highest BCUT2D eigenvalue weighted by Crippen LogP contribution is 2.07. The van der Waals surface area contributed by atoms with Crippen molar-refractivity contribution in [3.05, 3.63) is 57.4 Å². The van der Waals surface area contributed by atoms with E-state index in [1.54, 1.807) is 24.3 Å². The highest BCUT2D eigenvalue weighted by molar-refractivity contribution is 5.44. The van der Waals surface area contributed by atoms with Gasteiger partial charge in [-0.3, -0.25) is 14.3 Å². The molecule has 0 fully saturated rings. The van der Waals surface area contributed by atoms with E-state index < -0.39 is 11.2 Å². The zero-order valence-electron chi connectivity index (χ0n) is 7.81. The third kappa shape index (κ3) is 1.80. The Balaban J connectivity index is 2.59. The Labute approximate surface area is 84.8 Å². The second-order valence-corrected chi connectivity index (χ2v) is 3.07. The first kappa shape index (κ1) is 9.26. The molecule has 0 bridgehead atoms. The fourth-order valence-corrected chi connectivity index (χ4v) is 1.26. The van der Waals surface area contributed by atoms with Gasteiger partial charge < -0.3 is 5.73 Å². The molecule has 1 heterocycles. The second kappa shape index (κ2) is 3.45. The summed E-state index contributed by atoms with van der Waals surface area (Å²) in [4.78, 5) is 24.4. The number of nitrogens with one attached hydrogen (secondary N) is 1. The van der Waals surface area contributed by atoms with E-state index in [0.717, 1.165) is 0 Å². The monoisotopic (exact) mass is 203 g/mol. The molecule has 0 saturated carbocycles. The first-order valence-corrected chi connectivity index (χ1v) is 4.35. The van der Waals surface area contributed by atoms with Crippen LogP contribution in [0.1, 0.15) is 0 Å². The number of benzene rings is 1. The van der Waals surface area contributed by atoms with Crippen molar-refractivity contribution < 1.29 is 0 Å². The van der Waals surface area contributed by atoms with E-state index >= 15 is 0 Å². The predicted octanol–water partition coefficient (Wildman–Crippen LogP) is 0.108. The summed E-state index contributed by atoms with van der Waals surface area (Å²) < 4.78 is 1.33. The number of nitrogens with two attached hydrogens (primary N) is 1. The summed E-state index contributed by atoms with van der Waals surface area (Å²) in [5.74, 6) is 0. The minimum Gasteiger partial charge on any atom is -0.399 e. The fraction of sp³-hybridized carbons (Fsp3) is 0. The van der Waals surface area contributed by atoms with Crippen LogP contribution >= 0.6 is 0 Å². The van der Waals surface area contributed by atoms with Crippen molar-refractivity contribution in [2.45, 2.75) is 0 Å². The third-order valence-electron chi connectivity index (χ3n) is 2.00. The SMILES string of the molecule is Nc1ccc(-n2ccc(=O)[nH]c2=O)cc1. The summed E-state index contributed by atoms with van der Waals surface area (Å²) in [5.41, 5.74) is 5.93. The lowest BCUT2D eigenvalue weighted by molar-refractivity contribution is 0.896. The van der Waals surface area contributed by atoms with Crippen LogP contribution in [0.5, 0.6) is 0 Å². The Bertz CT molecular complexity index is 581. The van der Waals surface area contributed by atoms with Gasteiger partial charge in [0.1, 0.15) is 0 Å². The Morgan fingerprint density at radius 3 is 2.33 bits per heavy atom. The van der Waals surface area contributed by atoms with Crippen LogP contribution in [0.15, 0.2) is 46.1 Å². The maximum absolute atomic E-state index is 11.4. The van der Waals surface area contributed by atoms with Crippen molar-refractivity contribution in [2.24, 2.45) is 0 Å². The van der Waals surface area contributed by atoms with Gasteiger partial charge in [0.25, 0.3) is 5.56 Å². The first-order chi connectivity index (χ1) is 7.16. The molecule has 0 spiro atoms. The van der Waals surface area contributed by atoms with Crippen molar-refractivity contribution in [1.82, 2.24) is 9.55 Å². The summed E-state index contributed by atoms with van der Waals surface area (Å²) in [6.45, 7) is 0. The van der Waals surface area contributed by atoms with Crippen LogP contribution in [0, 0.1) is 0 Å². The molecule has 0 saturated heterocycles. The highest BCUT2D eigenvalue weighted by Gasteiger charge is 1.98. The molecule has 5 nitrogen and oxygen atoms in total. The number of anilines is 1. The molecular weight excluding hydrogens is 194 g/mol. The Morgan fingerprint density at radius 1 is 1.07 bits per heavy atom. The van der Waals surface area contributed by atoms with Gasteiger partial charge in [0.2, 0.25) is 0 Å². The lowest BCUT2D eigenvalue weighted by atomic mass is 10.3. The van der Waals surface area contributed by atoms with Crippen LogP contribution in [-0.4, -0.2) is 9.55 Å². The van der Waals surface area contributed by atoms with Crippen LogP contribution in [0.3, 0.4) is 0 Å². The minimum atomic E-state index is -0.465. The van der Waals surface area contributed by atoms with Crippen molar-refractivity contribution in [2.75, 3.05) is 5.73 Å². The predicted molar refractivity (Wildman–Crippen MR) is 57.1 cm³/mol. The van der Waals surface area contributed by atoms with Gasteiger partial charge in [-0.1, -0.05) is 0 Å². The van der Waals surface area contributed by atoms with Gasteiger partial charge >= 0.3 is 5.69 Å². The summed E-state index contributed by atoms with van der Waals surface area (Å²) in [7, 11) is 0. The maximum Gasteiger partial charge on any atom is 0.332 e. The van der Waals surface area contributed by atoms with Crippen molar-refractivity contribution in [3.63, 3.8) is 0 Å². The molecule has 76 valence electrons. The standard InChI is InChI=1S/C10H9N3O2/c11-7-1-3-8(4-2-7)13-6-5-9(14)12-10(13)15/h1-6H,11H2,(H,12,14,15). The Hall–Kier alpha value is -2.30. The van der Waals surface area contributed by atoms with Crippen LogP contribution in [0.2, 0.25) is 0 Å². The fourth-order valence-electron chi connectivity index (χ4n) is 1.26. The molecule has 2 rings (SSSR count). The van der Waals surface area contributed by atoms with Gasteiger partial charge in [0.15, 0.2) is 0 Å². The van der Waals surface area contributed by atoms with Crippen LogP contribution in [0.4, 0.5) is 5.69 Å². The molecule has 0 aliphatic heterocycles. The largest absolute Gasteiger partial charge is 0.399 e. The molecule has 0 radical (unpaired) electrons.